The standard InChI is InChI=1S/C19H20N2O3S/c1-4-17(5-2)25(23,24)18-8-6-7-14(13-18)19(22)21-16-11-9-15(20-3)10-12-16/h6-13,17H,4-5H2,1-2H3,(H,21,22). The van der Waals surface area contributed by atoms with Crippen LogP contribution < -0.4 is 5.32 Å². The molecule has 1 N–H and O–H groups in total. The smallest absolute Gasteiger partial charge is 0.255 e. The molecular formula is C19H20N2O3S. The Kier molecular flexibility index (Phi) is 5.94. The van der Waals surface area contributed by atoms with Gasteiger partial charge >= 0.3 is 0 Å². The molecule has 0 bridgehead atoms. The molecule has 0 atom stereocenters. The first-order valence-corrected chi connectivity index (χ1v) is 9.59. The number of hydrogen-bond donors (Lipinski definition) is 1. The first-order valence-electron chi connectivity index (χ1n) is 8.05. The lowest BCUT2D eigenvalue weighted by molar-refractivity contribution is 0.102. The molecule has 0 aliphatic heterocycles. The molecule has 2 aromatic rings. The third-order valence-electron chi connectivity index (χ3n) is 4.03. The topological polar surface area (TPSA) is 67.6 Å². The zero-order chi connectivity index (χ0) is 18.4. The highest BCUT2D eigenvalue weighted by molar-refractivity contribution is 7.92. The summed E-state index contributed by atoms with van der Waals surface area (Å²) in [5, 5.41) is 2.26. The number of amides is 1. The maximum atomic E-state index is 12.6. The third kappa shape index (κ3) is 4.25. The molecule has 0 fully saturated rings. The van der Waals surface area contributed by atoms with Gasteiger partial charge in [-0.3, -0.25) is 4.79 Å². The third-order valence-corrected chi connectivity index (χ3v) is 6.48. The van der Waals surface area contributed by atoms with Crippen LogP contribution in [-0.2, 0) is 9.84 Å². The molecule has 0 aliphatic carbocycles. The molecule has 0 spiro atoms. The number of benzene rings is 2. The second kappa shape index (κ2) is 7.95. The zero-order valence-corrected chi connectivity index (χ0v) is 15.0. The highest BCUT2D eigenvalue weighted by Crippen LogP contribution is 2.22. The summed E-state index contributed by atoms with van der Waals surface area (Å²) in [6.45, 7) is 10.6. The zero-order valence-electron chi connectivity index (χ0n) is 14.2. The number of carbonyl (C=O) groups is 1. The van der Waals surface area contributed by atoms with E-state index in [1.54, 1.807) is 36.4 Å². The molecule has 0 aliphatic rings. The van der Waals surface area contributed by atoms with Gasteiger partial charge in [0.1, 0.15) is 0 Å². The summed E-state index contributed by atoms with van der Waals surface area (Å²) in [5.41, 5.74) is 1.31. The monoisotopic (exact) mass is 356 g/mol. The van der Waals surface area contributed by atoms with Crippen molar-refractivity contribution in [1.82, 2.24) is 0 Å². The van der Waals surface area contributed by atoms with Gasteiger partial charge in [0.25, 0.3) is 5.91 Å². The predicted octanol–water partition coefficient (Wildman–Crippen LogP) is 4.45. The van der Waals surface area contributed by atoms with E-state index >= 15 is 0 Å². The second-order valence-corrected chi connectivity index (χ2v) is 7.85. The van der Waals surface area contributed by atoms with Crippen LogP contribution in [0, 0.1) is 6.57 Å². The minimum atomic E-state index is -3.45. The summed E-state index contributed by atoms with van der Waals surface area (Å²) in [6.07, 6.45) is 1.06. The summed E-state index contributed by atoms with van der Waals surface area (Å²) in [6, 6.07) is 12.6. The molecule has 5 nitrogen and oxygen atoms in total. The molecule has 0 saturated carbocycles. The summed E-state index contributed by atoms with van der Waals surface area (Å²) in [7, 11) is -3.45. The van der Waals surface area contributed by atoms with E-state index in [1.807, 2.05) is 13.8 Å². The van der Waals surface area contributed by atoms with E-state index in [1.165, 1.54) is 12.1 Å². The number of rotatable bonds is 6. The van der Waals surface area contributed by atoms with Gasteiger partial charge in [-0.2, -0.15) is 0 Å². The predicted molar refractivity (Wildman–Crippen MR) is 98.7 cm³/mol. The molecule has 2 rings (SSSR count). The van der Waals surface area contributed by atoms with Gasteiger partial charge in [0, 0.05) is 11.3 Å². The molecule has 0 aromatic heterocycles. The number of carbonyl (C=O) groups excluding carboxylic acids is 1. The molecule has 0 saturated heterocycles. The SMILES string of the molecule is [C-]#[N+]c1ccc(NC(=O)c2cccc(S(=O)(=O)C(CC)CC)c2)cc1. The van der Waals surface area contributed by atoms with Crippen LogP contribution in [0.25, 0.3) is 4.85 Å². The van der Waals surface area contributed by atoms with Crippen molar-refractivity contribution < 1.29 is 13.2 Å². The van der Waals surface area contributed by atoms with Crippen LogP contribution in [0.2, 0.25) is 0 Å². The van der Waals surface area contributed by atoms with Crippen molar-refractivity contribution in [1.29, 1.82) is 0 Å². The van der Waals surface area contributed by atoms with Crippen LogP contribution in [-0.4, -0.2) is 19.6 Å². The van der Waals surface area contributed by atoms with Crippen LogP contribution in [0.3, 0.4) is 0 Å². The molecule has 25 heavy (non-hydrogen) atoms. The number of sulfone groups is 1. The Hall–Kier alpha value is -2.65. The van der Waals surface area contributed by atoms with Crippen LogP contribution in [0.4, 0.5) is 11.4 Å². The van der Waals surface area contributed by atoms with Crippen molar-refractivity contribution in [2.45, 2.75) is 36.8 Å². The van der Waals surface area contributed by atoms with Crippen LogP contribution in [0.5, 0.6) is 0 Å². The fraction of sp³-hybridized carbons (Fsp3) is 0.263. The van der Waals surface area contributed by atoms with Crippen molar-refractivity contribution in [3.8, 4) is 0 Å². The molecule has 0 radical (unpaired) electrons. The number of nitrogens with zero attached hydrogens (tertiary/aromatic N) is 1. The van der Waals surface area contributed by atoms with E-state index in [0.717, 1.165) is 0 Å². The van der Waals surface area contributed by atoms with Crippen LogP contribution >= 0.6 is 0 Å². The fourth-order valence-corrected chi connectivity index (χ4v) is 4.38. The molecule has 0 heterocycles. The molecule has 1 amide bonds. The lowest BCUT2D eigenvalue weighted by Gasteiger charge is -2.14. The average molecular weight is 356 g/mol. The van der Waals surface area contributed by atoms with E-state index < -0.39 is 21.0 Å². The van der Waals surface area contributed by atoms with Gasteiger partial charge in [0.05, 0.1) is 16.7 Å². The van der Waals surface area contributed by atoms with Crippen molar-refractivity contribution in [2.24, 2.45) is 0 Å². The van der Waals surface area contributed by atoms with Crippen LogP contribution in [0.15, 0.2) is 53.4 Å². The quantitative estimate of drug-likeness (QED) is 0.778. The van der Waals surface area contributed by atoms with Gasteiger partial charge in [-0.25, -0.2) is 13.3 Å². The molecule has 0 unspecified atom stereocenters. The minimum absolute atomic E-state index is 0.164. The first kappa shape index (κ1) is 18.7. The van der Waals surface area contributed by atoms with Gasteiger partial charge in [-0.1, -0.05) is 32.0 Å². The second-order valence-electron chi connectivity index (χ2n) is 5.62. The Morgan fingerprint density at radius 2 is 1.76 bits per heavy atom. The number of nitrogens with one attached hydrogen (secondary N) is 1. The first-order chi connectivity index (χ1) is 11.9. The van der Waals surface area contributed by atoms with E-state index in [-0.39, 0.29) is 10.5 Å². The molecule has 130 valence electrons. The average Bonchev–Trinajstić information content (AvgIpc) is 2.63. The maximum Gasteiger partial charge on any atom is 0.255 e. The summed E-state index contributed by atoms with van der Waals surface area (Å²) >= 11 is 0. The number of anilines is 1. The summed E-state index contributed by atoms with van der Waals surface area (Å²) in [5.74, 6) is -0.392. The Morgan fingerprint density at radius 3 is 2.32 bits per heavy atom. The van der Waals surface area contributed by atoms with Gasteiger partial charge in [0.15, 0.2) is 15.5 Å². The van der Waals surface area contributed by atoms with Crippen molar-refractivity contribution >= 4 is 27.1 Å². The summed E-state index contributed by atoms with van der Waals surface area (Å²) < 4.78 is 25.3. The minimum Gasteiger partial charge on any atom is -0.322 e. The van der Waals surface area contributed by atoms with Gasteiger partial charge in [-0.05, 0) is 43.2 Å². The van der Waals surface area contributed by atoms with E-state index in [4.69, 9.17) is 6.57 Å². The van der Waals surface area contributed by atoms with Crippen LogP contribution in [0.1, 0.15) is 37.0 Å². The fourth-order valence-electron chi connectivity index (χ4n) is 2.56. The van der Waals surface area contributed by atoms with Gasteiger partial charge < -0.3 is 5.32 Å². The Bertz CT molecular complexity index is 893. The summed E-state index contributed by atoms with van der Waals surface area (Å²) in [4.78, 5) is 15.8. The largest absolute Gasteiger partial charge is 0.322 e. The Labute approximate surface area is 148 Å². The Morgan fingerprint density at radius 1 is 1.12 bits per heavy atom. The van der Waals surface area contributed by atoms with E-state index in [2.05, 4.69) is 10.2 Å². The lowest BCUT2D eigenvalue weighted by Crippen LogP contribution is -2.20. The molecule has 6 heteroatoms. The number of hydrogen-bond acceptors (Lipinski definition) is 3. The Balaban J connectivity index is 2.25. The van der Waals surface area contributed by atoms with Gasteiger partial charge in [-0.15, -0.1) is 0 Å². The maximum absolute atomic E-state index is 12.6. The van der Waals surface area contributed by atoms with E-state index in [0.29, 0.717) is 24.2 Å². The highest BCUT2D eigenvalue weighted by atomic mass is 32.2. The van der Waals surface area contributed by atoms with E-state index in [9.17, 15) is 13.2 Å². The van der Waals surface area contributed by atoms with Crippen molar-refractivity contribution in [3.05, 3.63) is 65.5 Å². The highest BCUT2D eigenvalue weighted by Gasteiger charge is 2.25. The lowest BCUT2D eigenvalue weighted by atomic mass is 10.2. The molecule has 2 aromatic carbocycles. The molecular weight excluding hydrogens is 336 g/mol. The van der Waals surface area contributed by atoms with Crippen molar-refractivity contribution in [2.75, 3.05) is 5.32 Å². The van der Waals surface area contributed by atoms with Crippen molar-refractivity contribution in [3.63, 3.8) is 0 Å². The van der Waals surface area contributed by atoms with Gasteiger partial charge in [0.2, 0.25) is 0 Å². The normalized spacial score (nSPS) is 11.1.